The van der Waals surface area contributed by atoms with Crippen LogP contribution in [0.4, 0.5) is 0 Å². The molecule has 4 saturated carbocycles. The second kappa shape index (κ2) is 5.99. The van der Waals surface area contributed by atoms with E-state index in [2.05, 4.69) is 19.8 Å². The van der Waals surface area contributed by atoms with Gasteiger partial charge in [0.25, 0.3) is 0 Å². The summed E-state index contributed by atoms with van der Waals surface area (Å²) in [5.41, 5.74) is -0.661. The summed E-state index contributed by atoms with van der Waals surface area (Å²) < 4.78 is 5.55. The van der Waals surface area contributed by atoms with Crippen molar-refractivity contribution in [1.82, 2.24) is 0 Å². The van der Waals surface area contributed by atoms with Gasteiger partial charge in [-0.3, -0.25) is 4.79 Å². The molecule has 0 aromatic rings. The molecule has 26 heavy (non-hydrogen) atoms. The van der Waals surface area contributed by atoms with Crippen molar-refractivity contribution in [2.24, 2.45) is 34.5 Å². The molecule has 4 fully saturated rings. The third-order valence-electron chi connectivity index (χ3n) is 9.34. The molecular weight excluding hydrogens is 324 g/mol. The zero-order valence-corrected chi connectivity index (χ0v) is 16.6. The Hall–Kier alpha value is -1.01. The fourth-order valence-electron chi connectivity index (χ4n) is 7.81. The Morgan fingerprint density at radius 2 is 1.81 bits per heavy atom. The number of rotatable bonds is 1. The van der Waals surface area contributed by atoms with E-state index in [9.17, 15) is 9.90 Å². The average molecular weight is 359 g/mol. The third-order valence-corrected chi connectivity index (χ3v) is 9.34. The molecular formula is C23H34O3. The summed E-state index contributed by atoms with van der Waals surface area (Å²) in [5.74, 6) is 5.29. The molecule has 0 aromatic heterocycles. The minimum atomic E-state index is -0.909. The lowest BCUT2D eigenvalue weighted by atomic mass is 9.44. The summed E-state index contributed by atoms with van der Waals surface area (Å²) in [6.45, 7) is 6.29. The fraction of sp³-hybridized carbons (Fsp3) is 0.870. The van der Waals surface area contributed by atoms with Crippen molar-refractivity contribution < 1.29 is 14.6 Å². The van der Waals surface area contributed by atoms with E-state index in [1.165, 1.54) is 32.6 Å². The highest BCUT2D eigenvalue weighted by Gasteiger charge is 2.64. The van der Waals surface area contributed by atoms with Crippen molar-refractivity contribution in [3.63, 3.8) is 0 Å². The Labute approximate surface area is 158 Å². The zero-order chi connectivity index (χ0) is 18.7. The van der Waals surface area contributed by atoms with E-state index in [0.29, 0.717) is 23.2 Å². The molecule has 4 aliphatic carbocycles. The van der Waals surface area contributed by atoms with Crippen LogP contribution in [-0.4, -0.2) is 22.8 Å². The van der Waals surface area contributed by atoms with Gasteiger partial charge in [0.15, 0.2) is 0 Å². The van der Waals surface area contributed by atoms with Crippen molar-refractivity contribution in [3.8, 4) is 12.3 Å². The minimum Gasteiger partial charge on any atom is -0.463 e. The van der Waals surface area contributed by atoms with Crippen LogP contribution in [0.15, 0.2) is 0 Å². The maximum atomic E-state index is 11.4. The van der Waals surface area contributed by atoms with Crippen LogP contribution in [0, 0.1) is 46.8 Å². The first-order chi connectivity index (χ1) is 12.2. The third kappa shape index (κ3) is 2.40. The topological polar surface area (TPSA) is 46.5 Å². The molecule has 0 radical (unpaired) electrons. The van der Waals surface area contributed by atoms with Gasteiger partial charge in [0.1, 0.15) is 11.7 Å². The van der Waals surface area contributed by atoms with Crippen LogP contribution in [-0.2, 0) is 9.53 Å². The highest BCUT2D eigenvalue weighted by atomic mass is 16.5. The lowest BCUT2D eigenvalue weighted by molar-refractivity contribution is -0.163. The average Bonchev–Trinajstić information content (AvgIpc) is 2.87. The molecule has 0 aromatic carbocycles. The molecule has 4 aliphatic rings. The second-order valence-corrected chi connectivity index (χ2v) is 10.2. The lowest BCUT2D eigenvalue weighted by Gasteiger charge is -2.61. The Kier molecular flexibility index (Phi) is 4.23. The lowest BCUT2D eigenvalue weighted by Crippen LogP contribution is -2.56. The van der Waals surface area contributed by atoms with Crippen LogP contribution in [0.2, 0.25) is 0 Å². The Balaban J connectivity index is 1.56. The summed E-state index contributed by atoms with van der Waals surface area (Å²) in [6.07, 6.45) is 15.7. The number of ether oxygens (including phenoxy) is 1. The van der Waals surface area contributed by atoms with Gasteiger partial charge in [-0.1, -0.05) is 19.8 Å². The first kappa shape index (κ1) is 18.4. The quantitative estimate of drug-likeness (QED) is 0.561. The maximum absolute atomic E-state index is 11.4. The minimum absolute atomic E-state index is 0.110. The Morgan fingerprint density at radius 3 is 2.50 bits per heavy atom. The van der Waals surface area contributed by atoms with E-state index >= 15 is 0 Å². The summed E-state index contributed by atoms with van der Waals surface area (Å²) in [7, 11) is 0. The normalized spacial score (nSPS) is 53.0. The van der Waals surface area contributed by atoms with Crippen LogP contribution >= 0.6 is 0 Å². The molecule has 0 spiro atoms. The van der Waals surface area contributed by atoms with E-state index in [4.69, 9.17) is 11.2 Å². The molecule has 0 aliphatic heterocycles. The SMILES string of the molecule is C#CC1(O)CCC2C3CCC4CC(OC(C)=O)CCC4(C)C3CCC21C. The molecule has 8 unspecified atom stereocenters. The van der Waals surface area contributed by atoms with Crippen LogP contribution in [0.1, 0.15) is 78.6 Å². The molecule has 0 bridgehead atoms. The van der Waals surface area contributed by atoms with Crippen LogP contribution in [0.5, 0.6) is 0 Å². The van der Waals surface area contributed by atoms with Gasteiger partial charge in [-0.05, 0) is 86.9 Å². The van der Waals surface area contributed by atoms with Crippen LogP contribution in [0.3, 0.4) is 0 Å². The van der Waals surface area contributed by atoms with Gasteiger partial charge in [-0.15, -0.1) is 6.42 Å². The Bertz CT molecular complexity index is 636. The molecule has 4 rings (SSSR count). The molecule has 0 amide bonds. The highest BCUT2D eigenvalue weighted by molar-refractivity contribution is 5.66. The molecule has 144 valence electrons. The van der Waals surface area contributed by atoms with Crippen molar-refractivity contribution in [3.05, 3.63) is 0 Å². The van der Waals surface area contributed by atoms with E-state index in [0.717, 1.165) is 38.0 Å². The number of esters is 1. The molecule has 1 N–H and O–H groups in total. The van der Waals surface area contributed by atoms with Crippen molar-refractivity contribution in [2.75, 3.05) is 0 Å². The van der Waals surface area contributed by atoms with E-state index in [1.807, 2.05) is 0 Å². The van der Waals surface area contributed by atoms with Crippen LogP contribution in [0.25, 0.3) is 0 Å². The van der Waals surface area contributed by atoms with Crippen molar-refractivity contribution in [1.29, 1.82) is 0 Å². The number of terminal acetylenes is 1. The van der Waals surface area contributed by atoms with Crippen LogP contribution < -0.4 is 0 Å². The molecule has 0 heterocycles. The largest absolute Gasteiger partial charge is 0.463 e. The summed E-state index contributed by atoms with van der Waals surface area (Å²) in [4.78, 5) is 11.4. The summed E-state index contributed by atoms with van der Waals surface area (Å²) in [6, 6.07) is 0. The summed E-state index contributed by atoms with van der Waals surface area (Å²) in [5, 5.41) is 11.1. The van der Waals surface area contributed by atoms with Gasteiger partial charge < -0.3 is 9.84 Å². The first-order valence-electron chi connectivity index (χ1n) is 10.6. The number of carbonyl (C=O) groups is 1. The van der Waals surface area contributed by atoms with E-state index in [-0.39, 0.29) is 17.5 Å². The second-order valence-electron chi connectivity index (χ2n) is 10.2. The van der Waals surface area contributed by atoms with Gasteiger partial charge in [0.2, 0.25) is 0 Å². The van der Waals surface area contributed by atoms with Crippen molar-refractivity contribution in [2.45, 2.75) is 90.3 Å². The number of aliphatic hydroxyl groups is 1. The molecule has 8 atom stereocenters. The maximum Gasteiger partial charge on any atom is 0.302 e. The fourth-order valence-corrected chi connectivity index (χ4v) is 7.81. The number of hydrogen-bond donors (Lipinski definition) is 1. The van der Waals surface area contributed by atoms with Gasteiger partial charge >= 0.3 is 5.97 Å². The predicted octanol–water partition coefficient (Wildman–Crippen LogP) is 4.33. The van der Waals surface area contributed by atoms with E-state index in [1.54, 1.807) is 0 Å². The number of fused-ring (bicyclic) bond motifs is 5. The monoisotopic (exact) mass is 358 g/mol. The zero-order valence-electron chi connectivity index (χ0n) is 16.6. The van der Waals surface area contributed by atoms with Gasteiger partial charge in [-0.25, -0.2) is 0 Å². The summed E-state index contributed by atoms with van der Waals surface area (Å²) >= 11 is 0. The van der Waals surface area contributed by atoms with E-state index < -0.39 is 5.60 Å². The number of carbonyl (C=O) groups excluding carboxylic acids is 1. The van der Waals surface area contributed by atoms with Gasteiger partial charge in [0.05, 0.1) is 0 Å². The van der Waals surface area contributed by atoms with Crippen molar-refractivity contribution >= 4 is 5.97 Å². The molecule has 0 saturated heterocycles. The Morgan fingerprint density at radius 1 is 1.08 bits per heavy atom. The predicted molar refractivity (Wildman–Crippen MR) is 101 cm³/mol. The number of hydrogen-bond acceptors (Lipinski definition) is 3. The highest BCUT2D eigenvalue weighted by Crippen LogP contribution is 2.68. The van der Waals surface area contributed by atoms with Gasteiger partial charge in [0, 0.05) is 12.3 Å². The van der Waals surface area contributed by atoms with Gasteiger partial charge in [-0.2, -0.15) is 0 Å². The molecule has 3 nitrogen and oxygen atoms in total. The molecule has 3 heteroatoms. The standard InChI is InChI=1S/C23H34O3/c1-5-23(25)13-10-20-18-7-6-16-14-17(26-15(2)24)8-11-21(16,3)19(18)9-12-22(20,23)4/h1,16-20,25H,6-14H2,2-4H3. The smallest absolute Gasteiger partial charge is 0.302 e. The first-order valence-corrected chi connectivity index (χ1v) is 10.6.